The first-order valence-corrected chi connectivity index (χ1v) is 7.03. The highest BCUT2D eigenvalue weighted by atomic mass is 19.2. The van der Waals surface area contributed by atoms with E-state index in [1.807, 2.05) is 0 Å². The van der Waals surface area contributed by atoms with E-state index in [1.165, 1.54) is 18.9 Å². The highest BCUT2D eigenvalue weighted by Gasteiger charge is 2.25. The maximum Gasteiger partial charge on any atom is 0.163 e. The quantitative estimate of drug-likeness (QED) is 0.823. The fourth-order valence-corrected chi connectivity index (χ4v) is 2.42. The Hall–Kier alpha value is -1.00. The van der Waals surface area contributed by atoms with Crippen molar-refractivity contribution in [3.63, 3.8) is 0 Å². The number of benzene rings is 1. The van der Waals surface area contributed by atoms with Crippen LogP contribution in [0.25, 0.3) is 0 Å². The molecule has 1 fully saturated rings. The van der Waals surface area contributed by atoms with Crippen LogP contribution in [0.5, 0.6) is 0 Å². The Kier molecular flexibility index (Phi) is 4.88. The van der Waals surface area contributed by atoms with Gasteiger partial charge in [0.15, 0.2) is 11.6 Å². The third-order valence-corrected chi connectivity index (χ3v) is 3.59. The van der Waals surface area contributed by atoms with Crippen LogP contribution in [0.1, 0.15) is 37.8 Å². The van der Waals surface area contributed by atoms with Crippen LogP contribution in [0.2, 0.25) is 0 Å². The van der Waals surface area contributed by atoms with Crippen LogP contribution in [0.15, 0.2) is 18.2 Å². The van der Waals surface area contributed by atoms with Crippen molar-refractivity contribution >= 4 is 0 Å². The van der Waals surface area contributed by atoms with Crippen molar-refractivity contribution in [2.45, 2.75) is 32.2 Å². The zero-order valence-electron chi connectivity index (χ0n) is 11.4. The van der Waals surface area contributed by atoms with Crippen LogP contribution in [-0.2, 0) is 0 Å². The maximum atomic E-state index is 13.7. The molecule has 1 aromatic carbocycles. The molecule has 0 spiro atoms. The average molecular weight is 268 g/mol. The van der Waals surface area contributed by atoms with Gasteiger partial charge in [-0.1, -0.05) is 19.1 Å². The second-order valence-corrected chi connectivity index (χ2v) is 5.45. The van der Waals surface area contributed by atoms with Crippen LogP contribution in [0, 0.1) is 17.6 Å². The van der Waals surface area contributed by atoms with E-state index in [4.69, 9.17) is 5.73 Å². The van der Waals surface area contributed by atoms with Gasteiger partial charge in [0.2, 0.25) is 0 Å². The molecule has 2 N–H and O–H groups in total. The molecule has 0 heterocycles. The predicted octanol–water partition coefficient (Wildman–Crippen LogP) is 3.09. The minimum Gasteiger partial charge on any atom is -0.323 e. The van der Waals surface area contributed by atoms with Crippen molar-refractivity contribution < 1.29 is 8.78 Å². The van der Waals surface area contributed by atoms with E-state index < -0.39 is 17.7 Å². The molecule has 0 saturated heterocycles. The van der Waals surface area contributed by atoms with Gasteiger partial charge in [0.25, 0.3) is 0 Å². The lowest BCUT2D eigenvalue weighted by Crippen LogP contribution is -2.34. The number of nitrogens with zero attached hydrogens (tertiary/aromatic N) is 1. The smallest absolute Gasteiger partial charge is 0.163 e. The molecule has 1 unspecified atom stereocenters. The van der Waals surface area contributed by atoms with E-state index in [0.717, 1.165) is 31.5 Å². The molecular formula is C15H22F2N2. The zero-order valence-corrected chi connectivity index (χ0v) is 11.4. The highest BCUT2D eigenvalue weighted by molar-refractivity contribution is 5.22. The van der Waals surface area contributed by atoms with Gasteiger partial charge in [0, 0.05) is 24.7 Å². The third-order valence-electron chi connectivity index (χ3n) is 3.59. The summed E-state index contributed by atoms with van der Waals surface area (Å²) in [5.74, 6) is -0.855. The SMILES string of the molecule is CCCN(CC1CC1)CC(N)c1cccc(F)c1F. The Labute approximate surface area is 113 Å². The molecule has 1 aliphatic carbocycles. The van der Waals surface area contributed by atoms with Gasteiger partial charge in [-0.05, 0) is 37.8 Å². The van der Waals surface area contributed by atoms with Gasteiger partial charge in [-0.25, -0.2) is 8.78 Å². The van der Waals surface area contributed by atoms with Gasteiger partial charge in [-0.15, -0.1) is 0 Å². The minimum atomic E-state index is -0.822. The fourth-order valence-electron chi connectivity index (χ4n) is 2.42. The monoisotopic (exact) mass is 268 g/mol. The van der Waals surface area contributed by atoms with E-state index in [0.29, 0.717) is 6.54 Å². The van der Waals surface area contributed by atoms with Crippen LogP contribution in [0.3, 0.4) is 0 Å². The van der Waals surface area contributed by atoms with Crippen molar-refractivity contribution in [2.75, 3.05) is 19.6 Å². The molecule has 0 amide bonds. The van der Waals surface area contributed by atoms with Gasteiger partial charge in [-0.2, -0.15) is 0 Å². The second-order valence-electron chi connectivity index (χ2n) is 5.45. The molecule has 2 nitrogen and oxygen atoms in total. The second kappa shape index (κ2) is 6.44. The molecule has 0 radical (unpaired) electrons. The Bertz CT molecular complexity index is 419. The van der Waals surface area contributed by atoms with Gasteiger partial charge < -0.3 is 10.6 Å². The summed E-state index contributed by atoms with van der Waals surface area (Å²) in [5, 5.41) is 0. The molecule has 1 atom stereocenters. The van der Waals surface area contributed by atoms with Crippen molar-refractivity contribution in [1.82, 2.24) is 4.90 Å². The highest BCUT2D eigenvalue weighted by Crippen LogP contribution is 2.30. The molecule has 1 saturated carbocycles. The normalized spacial score (nSPS) is 16.9. The molecule has 1 aromatic rings. The minimum absolute atomic E-state index is 0.275. The van der Waals surface area contributed by atoms with E-state index in [9.17, 15) is 8.78 Å². The Balaban J connectivity index is 2.00. The van der Waals surface area contributed by atoms with E-state index in [-0.39, 0.29) is 5.56 Å². The van der Waals surface area contributed by atoms with Crippen molar-refractivity contribution in [3.8, 4) is 0 Å². The lowest BCUT2D eigenvalue weighted by Gasteiger charge is -2.25. The summed E-state index contributed by atoms with van der Waals surface area (Å²) in [4.78, 5) is 2.27. The molecule has 0 bridgehead atoms. The first-order chi connectivity index (χ1) is 9.11. The lowest BCUT2D eigenvalue weighted by atomic mass is 10.1. The average Bonchev–Trinajstić information content (AvgIpc) is 3.16. The van der Waals surface area contributed by atoms with Crippen LogP contribution in [0.4, 0.5) is 8.78 Å². The predicted molar refractivity (Wildman–Crippen MR) is 72.7 cm³/mol. The van der Waals surface area contributed by atoms with Crippen LogP contribution < -0.4 is 5.73 Å². The summed E-state index contributed by atoms with van der Waals surface area (Å²) in [7, 11) is 0. The summed E-state index contributed by atoms with van der Waals surface area (Å²) in [6.45, 7) is 4.69. The molecule has 19 heavy (non-hydrogen) atoms. The van der Waals surface area contributed by atoms with Crippen molar-refractivity contribution in [2.24, 2.45) is 11.7 Å². The lowest BCUT2D eigenvalue weighted by molar-refractivity contribution is 0.246. The summed E-state index contributed by atoms with van der Waals surface area (Å²) < 4.78 is 26.9. The van der Waals surface area contributed by atoms with Gasteiger partial charge in [-0.3, -0.25) is 0 Å². The number of halogens is 2. The fraction of sp³-hybridized carbons (Fsp3) is 0.600. The number of nitrogens with two attached hydrogens (primary N) is 1. The molecule has 106 valence electrons. The Morgan fingerprint density at radius 2 is 2.11 bits per heavy atom. The molecule has 0 aliphatic heterocycles. The van der Waals surface area contributed by atoms with Crippen LogP contribution >= 0.6 is 0 Å². The van der Waals surface area contributed by atoms with E-state index >= 15 is 0 Å². The summed E-state index contributed by atoms with van der Waals surface area (Å²) >= 11 is 0. The molecule has 1 aliphatic rings. The Morgan fingerprint density at radius 1 is 1.37 bits per heavy atom. The summed E-state index contributed by atoms with van der Waals surface area (Å²) in [6, 6.07) is 3.74. The molecule has 2 rings (SSSR count). The molecule has 4 heteroatoms. The van der Waals surface area contributed by atoms with Crippen molar-refractivity contribution in [1.29, 1.82) is 0 Å². The van der Waals surface area contributed by atoms with Gasteiger partial charge in [0.05, 0.1) is 0 Å². The standard InChI is InChI=1S/C15H22F2N2/c1-2-8-19(9-11-6-7-11)10-14(18)12-4-3-5-13(16)15(12)17/h3-5,11,14H,2,6-10,18H2,1H3. The number of hydrogen-bond donors (Lipinski definition) is 1. The molecular weight excluding hydrogens is 246 g/mol. The third kappa shape index (κ3) is 3.98. The maximum absolute atomic E-state index is 13.7. The first-order valence-electron chi connectivity index (χ1n) is 7.03. The largest absolute Gasteiger partial charge is 0.323 e. The Morgan fingerprint density at radius 3 is 2.74 bits per heavy atom. The summed E-state index contributed by atoms with van der Waals surface area (Å²) in [6.07, 6.45) is 3.61. The number of rotatable bonds is 7. The van der Waals surface area contributed by atoms with Gasteiger partial charge >= 0.3 is 0 Å². The summed E-state index contributed by atoms with van der Waals surface area (Å²) in [5.41, 5.74) is 6.32. The number of hydrogen-bond acceptors (Lipinski definition) is 2. The van der Waals surface area contributed by atoms with Crippen LogP contribution in [-0.4, -0.2) is 24.5 Å². The molecule has 0 aromatic heterocycles. The zero-order chi connectivity index (χ0) is 13.8. The topological polar surface area (TPSA) is 29.3 Å². The van der Waals surface area contributed by atoms with Crippen molar-refractivity contribution in [3.05, 3.63) is 35.4 Å². The van der Waals surface area contributed by atoms with E-state index in [1.54, 1.807) is 6.07 Å². The van der Waals surface area contributed by atoms with E-state index in [2.05, 4.69) is 11.8 Å². The first kappa shape index (κ1) is 14.4. The van der Waals surface area contributed by atoms with Gasteiger partial charge in [0.1, 0.15) is 0 Å².